The summed E-state index contributed by atoms with van der Waals surface area (Å²) in [6.07, 6.45) is 15.1. The zero-order valence-electron chi connectivity index (χ0n) is 59.6. The van der Waals surface area contributed by atoms with Gasteiger partial charge in [-0.05, 0) is 26.7 Å². The summed E-state index contributed by atoms with van der Waals surface area (Å²) in [5.41, 5.74) is 0. The van der Waals surface area contributed by atoms with E-state index in [0.29, 0.717) is 12.8 Å². The molecule has 27 nitrogen and oxygen atoms in total. The molecule has 12 N–H and O–H groups in total. The maximum absolute atomic E-state index is 12.5. The maximum Gasteiger partial charge on any atom is 0.306 e. The lowest BCUT2D eigenvalue weighted by molar-refractivity contribution is -0.330. The molecule has 27 heteroatoms. The van der Waals surface area contributed by atoms with Gasteiger partial charge >= 0.3 is 23.9 Å². The SMILES string of the molecule is CCCCCCCCCCCCCCCCCC(=O)O.CCCCCCCCCCCCCCCCCC(=O)OCC1O[C@@H](C)C(NC(C)=O)[C@@H](O[C@@H]2OC(CC(=O)O)[C@@H](OC)[C@H](O)C2O)[C@@H]1O.CO[C@@H]1C(CC(=O)O)O[C@@H](O[C@@H]2C(NC(C)=O)[C@H](C)OC(CO)[C@H]2O)C(O)[C@H]1O. The first-order chi connectivity index (χ1) is 46.4. The van der Waals surface area contributed by atoms with Gasteiger partial charge in [0.05, 0.1) is 43.7 Å². The molecule has 4 saturated heterocycles. The molecule has 0 bridgehead atoms. The number of aliphatic hydroxyl groups is 7. The summed E-state index contributed by atoms with van der Waals surface area (Å²) in [4.78, 5) is 68.9. The minimum Gasteiger partial charge on any atom is -0.481 e. The molecule has 97 heavy (non-hydrogen) atoms. The molecule has 0 aromatic carbocycles. The zero-order chi connectivity index (χ0) is 72.2. The molecule has 4 aliphatic heterocycles. The fraction of sp³-hybridized carbons (Fsp3) is 0.914. The van der Waals surface area contributed by atoms with Crippen molar-refractivity contribution in [3.8, 4) is 0 Å². The fourth-order valence-electron chi connectivity index (χ4n) is 12.9. The number of hydrogen-bond donors (Lipinski definition) is 12. The molecule has 8 unspecified atom stereocenters. The van der Waals surface area contributed by atoms with Crippen LogP contribution in [0.5, 0.6) is 0 Å². The Bertz CT molecular complexity index is 2120. The summed E-state index contributed by atoms with van der Waals surface area (Å²) in [7, 11) is 2.49. The van der Waals surface area contributed by atoms with Crippen molar-refractivity contribution in [1.82, 2.24) is 10.6 Å². The summed E-state index contributed by atoms with van der Waals surface area (Å²) < 4.78 is 49.9. The molecule has 4 aliphatic rings. The number of unbranched alkanes of at least 4 members (excludes halogenated alkanes) is 28. The summed E-state index contributed by atoms with van der Waals surface area (Å²) in [6.45, 7) is 9.52. The van der Waals surface area contributed by atoms with E-state index in [0.717, 1.165) is 32.1 Å². The van der Waals surface area contributed by atoms with Gasteiger partial charge in [-0.3, -0.25) is 28.8 Å². The van der Waals surface area contributed by atoms with Gasteiger partial charge in [0, 0.05) is 40.9 Å². The van der Waals surface area contributed by atoms with Gasteiger partial charge < -0.3 is 104 Å². The normalized spacial score (nSPS) is 30.2. The van der Waals surface area contributed by atoms with Crippen LogP contribution >= 0.6 is 0 Å². The average molecular weight is 1400 g/mol. The number of carboxylic acids is 3. The Kier molecular flexibility index (Phi) is 48.1. The first-order valence-corrected chi connectivity index (χ1v) is 36.4. The fourth-order valence-corrected chi connectivity index (χ4v) is 12.9. The lowest BCUT2D eigenvalue weighted by Crippen LogP contribution is -2.67. The Hall–Kier alpha value is -3.78. The first kappa shape index (κ1) is 89.3. The Balaban J connectivity index is 0.000000551. The number of esters is 1. The molecule has 4 rings (SSSR count). The Morgan fingerprint density at radius 1 is 0.381 bits per heavy atom. The van der Waals surface area contributed by atoms with Gasteiger partial charge in [-0.15, -0.1) is 0 Å². The van der Waals surface area contributed by atoms with Crippen LogP contribution in [0.2, 0.25) is 0 Å². The van der Waals surface area contributed by atoms with E-state index in [1.807, 2.05) is 0 Å². The van der Waals surface area contributed by atoms with Crippen molar-refractivity contribution in [2.45, 2.75) is 382 Å². The van der Waals surface area contributed by atoms with Crippen LogP contribution in [-0.2, 0) is 71.4 Å². The van der Waals surface area contributed by atoms with E-state index in [4.69, 9.17) is 52.8 Å². The molecule has 2 amide bonds. The summed E-state index contributed by atoms with van der Waals surface area (Å²) in [6, 6.07) is -1.77. The second-order valence-electron chi connectivity index (χ2n) is 26.7. The topological polar surface area (TPSA) is 412 Å². The van der Waals surface area contributed by atoms with Crippen LogP contribution in [0.1, 0.15) is 260 Å². The van der Waals surface area contributed by atoms with E-state index in [1.54, 1.807) is 13.8 Å². The van der Waals surface area contributed by atoms with Gasteiger partial charge in [0.25, 0.3) is 0 Å². The number of nitrogens with one attached hydrogen (secondary N) is 2. The Morgan fingerprint density at radius 3 is 0.990 bits per heavy atom. The number of carboxylic acid groups (broad SMARTS) is 3. The highest BCUT2D eigenvalue weighted by molar-refractivity contribution is 5.74. The van der Waals surface area contributed by atoms with Crippen LogP contribution in [0.25, 0.3) is 0 Å². The number of methoxy groups -OCH3 is 2. The quantitative estimate of drug-likeness (QED) is 0.0214. The molecular weight excluding hydrogens is 1270 g/mol. The zero-order valence-corrected chi connectivity index (χ0v) is 59.6. The molecule has 0 aromatic heterocycles. The summed E-state index contributed by atoms with van der Waals surface area (Å²) >= 11 is 0. The van der Waals surface area contributed by atoms with Crippen LogP contribution in [0.15, 0.2) is 0 Å². The number of hydrogen-bond acceptors (Lipinski definition) is 22. The van der Waals surface area contributed by atoms with Crippen LogP contribution in [0.3, 0.4) is 0 Å². The number of rotatable bonds is 47. The van der Waals surface area contributed by atoms with Crippen molar-refractivity contribution >= 4 is 35.7 Å². The second kappa shape index (κ2) is 52.2. The molecule has 0 spiro atoms. The van der Waals surface area contributed by atoms with E-state index in [9.17, 15) is 69.6 Å². The van der Waals surface area contributed by atoms with Crippen molar-refractivity contribution in [1.29, 1.82) is 0 Å². The van der Waals surface area contributed by atoms with Gasteiger partial charge in [-0.1, -0.05) is 194 Å². The van der Waals surface area contributed by atoms with E-state index in [1.165, 1.54) is 182 Å². The number of aliphatic hydroxyl groups excluding tert-OH is 7. The third kappa shape index (κ3) is 35.6. The third-order valence-electron chi connectivity index (χ3n) is 18.4. The molecule has 568 valence electrons. The second-order valence-corrected chi connectivity index (χ2v) is 26.7. The largest absolute Gasteiger partial charge is 0.481 e. The molecular formula is C70H128N2O25. The number of amides is 2. The van der Waals surface area contributed by atoms with E-state index < -0.39 is 177 Å². The third-order valence-corrected chi connectivity index (χ3v) is 18.4. The number of ether oxygens (including phenoxy) is 9. The van der Waals surface area contributed by atoms with Crippen molar-refractivity contribution in [3.05, 3.63) is 0 Å². The average Bonchev–Trinajstić information content (AvgIpc) is 0.794. The molecule has 4 heterocycles. The van der Waals surface area contributed by atoms with Crippen LogP contribution in [-0.4, -0.2) is 237 Å². The minimum atomic E-state index is -1.66. The number of carbonyl (C=O) groups is 6. The lowest BCUT2D eigenvalue weighted by atomic mass is 9.92. The van der Waals surface area contributed by atoms with Crippen molar-refractivity contribution in [2.24, 2.45) is 0 Å². The molecule has 4 fully saturated rings. The highest BCUT2D eigenvalue weighted by Gasteiger charge is 2.53. The van der Waals surface area contributed by atoms with Crippen LogP contribution in [0, 0.1) is 0 Å². The molecule has 0 aliphatic carbocycles. The van der Waals surface area contributed by atoms with E-state index in [2.05, 4.69) is 24.5 Å². The van der Waals surface area contributed by atoms with Crippen molar-refractivity contribution in [3.63, 3.8) is 0 Å². The van der Waals surface area contributed by atoms with Crippen molar-refractivity contribution in [2.75, 3.05) is 27.4 Å². The number of carbonyl (C=O) groups excluding carboxylic acids is 3. The highest BCUT2D eigenvalue weighted by Crippen LogP contribution is 2.34. The summed E-state index contributed by atoms with van der Waals surface area (Å²) in [5, 5.41) is 105. The van der Waals surface area contributed by atoms with Crippen LogP contribution < -0.4 is 10.6 Å². The smallest absolute Gasteiger partial charge is 0.306 e. The van der Waals surface area contributed by atoms with Gasteiger partial charge in [-0.25, -0.2) is 0 Å². The Morgan fingerprint density at radius 2 is 0.691 bits per heavy atom. The van der Waals surface area contributed by atoms with E-state index >= 15 is 0 Å². The minimum absolute atomic E-state index is 0.247. The predicted molar refractivity (Wildman–Crippen MR) is 358 cm³/mol. The molecule has 0 radical (unpaired) electrons. The van der Waals surface area contributed by atoms with Gasteiger partial charge in [0.15, 0.2) is 12.6 Å². The monoisotopic (exact) mass is 1400 g/mol. The maximum atomic E-state index is 12.5. The Labute approximate surface area is 576 Å². The molecule has 20 atom stereocenters. The highest BCUT2D eigenvalue weighted by atomic mass is 16.7. The standard InChI is InChI=1S/C35H63NO12.C18H36O2.C17H29NO11/c1-5-6-7-8-9-10-11-12-13-14-15-16-17-18-19-20-28(40)45-22-26-30(41)34(29(23(2)46-26)36-24(3)37)48-35-32(43)31(42)33(44-4)25(47-35)21-27(38)39;1-2-3-4-5-6-7-8-9-10-11-12-13-14-15-16-17-18(19)20;1-6-11(18-7(2)20)16(12(23)9(5-19)27-6)29-17-14(25)13(24)15(26-3)8(28-17)4-10(21)22/h23,25-26,29-35,41-43H,5-22H2,1-4H3,(H,36,37)(H,38,39);2-17H2,1H3,(H,19,20);6,8-9,11-17,19,23-25H,4-5H2,1-3H3,(H,18,20)(H,21,22)/t23-,25?,26?,29?,30+,31+,32?,33+,34+,35-;;6-,8?,9?,11?,12+,13+,14?,15+,16+,17-/m0.0/s1. The van der Waals surface area contributed by atoms with E-state index in [-0.39, 0.29) is 13.0 Å². The predicted octanol–water partition coefficient (Wildman–Crippen LogP) is 7.05. The van der Waals surface area contributed by atoms with Gasteiger partial charge in [-0.2, -0.15) is 0 Å². The van der Waals surface area contributed by atoms with Crippen molar-refractivity contribution < 1.29 is 122 Å². The molecule has 0 aromatic rings. The first-order valence-electron chi connectivity index (χ1n) is 36.4. The number of aliphatic carboxylic acids is 3. The lowest BCUT2D eigenvalue weighted by Gasteiger charge is -2.47. The molecule has 0 saturated carbocycles. The van der Waals surface area contributed by atoms with Gasteiger partial charge in [0.1, 0.15) is 92.1 Å². The summed E-state index contributed by atoms with van der Waals surface area (Å²) in [5.74, 6) is -4.35. The van der Waals surface area contributed by atoms with Gasteiger partial charge in [0.2, 0.25) is 11.8 Å². The van der Waals surface area contributed by atoms with Crippen LogP contribution in [0.4, 0.5) is 0 Å².